The van der Waals surface area contributed by atoms with Crippen LogP contribution in [0.25, 0.3) is 0 Å². The lowest BCUT2D eigenvalue weighted by atomic mass is 9.69. The molecule has 2 fully saturated rings. The molecule has 0 aromatic rings. The number of carbonyl (C=O) groups excluding carboxylic acids is 2. The lowest BCUT2D eigenvalue weighted by Gasteiger charge is -2.30. The van der Waals surface area contributed by atoms with Gasteiger partial charge in [-0.1, -0.05) is 13.8 Å². The summed E-state index contributed by atoms with van der Waals surface area (Å²) < 4.78 is 0. The molecule has 76 valence electrons. The minimum Gasteiger partial charge on any atom is -0.480 e. The number of carbonyl (C=O) groups is 3. The monoisotopic (exact) mass is 196 g/mol. The van der Waals surface area contributed by atoms with Crippen molar-refractivity contribution >= 4 is 17.5 Å². The smallest absolute Gasteiger partial charge is 0.318 e. The van der Waals surface area contributed by atoms with Crippen LogP contribution in [0.3, 0.4) is 0 Å². The third-order valence-electron chi connectivity index (χ3n) is 4.07. The second-order valence-corrected chi connectivity index (χ2v) is 4.72. The van der Waals surface area contributed by atoms with E-state index in [-0.39, 0.29) is 5.92 Å². The molecule has 2 rings (SSSR count). The van der Waals surface area contributed by atoms with Gasteiger partial charge in [-0.2, -0.15) is 0 Å². The van der Waals surface area contributed by atoms with Crippen LogP contribution in [0.4, 0.5) is 0 Å². The minimum atomic E-state index is -1.44. The van der Waals surface area contributed by atoms with Crippen molar-refractivity contribution in [2.75, 3.05) is 0 Å². The van der Waals surface area contributed by atoms with Crippen molar-refractivity contribution in [3.05, 3.63) is 0 Å². The average molecular weight is 196 g/mol. The number of Topliss-reactive ketones (excluding diaryl/α,β-unsaturated/α-hetero) is 2. The van der Waals surface area contributed by atoms with E-state index in [4.69, 9.17) is 5.11 Å². The average Bonchev–Trinajstić information content (AvgIpc) is 2.41. The summed E-state index contributed by atoms with van der Waals surface area (Å²) in [5.41, 5.74) is -2.15. The fourth-order valence-corrected chi connectivity index (χ4v) is 3.05. The van der Waals surface area contributed by atoms with Crippen molar-refractivity contribution in [1.82, 2.24) is 0 Å². The first-order valence-electron chi connectivity index (χ1n) is 4.68. The Morgan fingerprint density at radius 2 is 2.00 bits per heavy atom. The van der Waals surface area contributed by atoms with Gasteiger partial charge in [-0.05, 0) is 18.3 Å². The Morgan fingerprint density at radius 1 is 1.43 bits per heavy atom. The fourth-order valence-electron chi connectivity index (χ4n) is 3.05. The number of ketones is 2. The molecule has 1 N–H and O–H groups in total. The van der Waals surface area contributed by atoms with Gasteiger partial charge in [-0.3, -0.25) is 14.4 Å². The van der Waals surface area contributed by atoms with Gasteiger partial charge in [0.05, 0.1) is 0 Å². The lowest BCUT2D eigenvalue weighted by Crippen LogP contribution is -2.44. The van der Waals surface area contributed by atoms with Crippen molar-refractivity contribution in [1.29, 1.82) is 0 Å². The summed E-state index contributed by atoms with van der Waals surface area (Å²) in [6, 6.07) is 0. The number of carboxylic acids is 1. The van der Waals surface area contributed by atoms with Gasteiger partial charge in [0.15, 0.2) is 0 Å². The third-order valence-corrected chi connectivity index (χ3v) is 4.07. The Balaban J connectivity index is 2.65. The van der Waals surface area contributed by atoms with E-state index in [1.54, 1.807) is 13.8 Å². The highest BCUT2D eigenvalue weighted by Crippen LogP contribution is 2.62. The van der Waals surface area contributed by atoms with E-state index >= 15 is 0 Å². The molecular formula is C10H12O4. The Labute approximate surface area is 81.3 Å². The molecule has 2 aliphatic carbocycles. The van der Waals surface area contributed by atoms with Crippen LogP contribution in [-0.2, 0) is 14.4 Å². The normalized spacial score (nSPS) is 39.1. The van der Waals surface area contributed by atoms with Crippen molar-refractivity contribution in [3.8, 4) is 0 Å². The summed E-state index contributed by atoms with van der Waals surface area (Å²) in [4.78, 5) is 34.3. The highest BCUT2D eigenvalue weighted by atomic mass is 16.4. The molecule has 2 aliphatic rings. The Bertz CT molecular complexity index is 355. The molecule has 14 heavy (non-hydrogen) atoms. The standard InChI is InChI=1S/C10H12O4/c1-9(2)5-3-4-10(9,8(13)14)7(12)6(5)11/h5H,3-4H2,1-2H3,(H,13,14)/t5-,10+/m0/s1. The van der Waals surface area contributed by atoms with E-state index in [0.717, 1.165) is 0 Å². The van der Waals surface area contributed by atoms with E-state index in [1.807, 2.05) is 0 Å². The molecule has 0 unspecified atom stereocenters. The van der Waals surface area contributed by atoms with Crippen LogP contribution >= 0.6 is 0 Å². The Kier molecular flexibility index (Phi) is 1.50. The van der Waals surface area contributed by atoms with Crippen LogP contribution in [-0.4, -0.2) is 22.6 Å². The molecule has 0 aromatic carbocycles. The molecule has 2 bridgehead atoms. The summed E-state index contributed by atoms with van der Waals surface area (Å²) >= 11 is 0. The molecule has 0 aromatic heterocycles. The number of aliphatic carboxylic acids is 1. The summed E-state index contributed by atoms with van der Waals surface area (Å²) in [7, 11) is 0. The molecule has 0 radical (unpaired) electrons. The second kappa shape index (κ2) is 2.24. The Hall–Kier alpha value is -1.19. The maximum absolute atomic E-state index is 11.6. The second-order valence-electron chi connectivity index (χ2n) is 4.72. The van der Waals surface area contributed by atoms with Crippen LogP contribution in [0.2, 0.25) is 0 Å². The lowest BCUT2D eigenvalue weighted by molar-refractivity contribution is -0.160. The van der Waals surface area contributed by atoms with Gasteiger partial charge in [-0.25, -0.2) is 0 Å². The molecule has 0 aliphatic heterocycles. The molecule has 4 heteroatoms. The van der Waals surface area contributed by atoms with E-state index in [9.17, 15) is 14.4 Å². The predicted molar refractivity (Wildman–Crippen MR) is 46.6 cm³/mol. The van der Waals surface area contributed by atoms with Gasteiger partial charge in [0.25, 0.3) is 0 Å². The van der Waals surface area contributed by atoms with Crippen LogP contribution < -0.4 is 0 Å². The SMILES string of the molecule is CC1(C)[C@H]2CC[C@]1(C(=O)O)C(=O)C2=O. The van der Waals surface area contributed by atoms with E-state index in [1.165, 1.54) is 0 Å². The quantitative estimate of drug-likeness (QED) is 0.493. The summed E-state index contributed by atoms with van der Waals surface area (Å²) in [6.45, 7) is 3.42. The van der Waals surface area contributed by atoms with Crippen LogP contribution in [0.15, 0.2) is 0 Å². The van der Waals surface area contributed by atoms with Gasteiger partial charge in [0, 0.05) is 5.92 Å². The van der Waals surface area contributed by atoms with Gasteiger partial charge in [0.1, 0.15) is 5.41 Å². The van der Waals surface area contributed by atoms with Crippen molar-refractivity contribution in [2.45, 2.75) is 26.7 Å². The van der Waals surface area contributed by atoms with Gasteiger partial charge >= 0.3 is 5.97 Å². The number of rotatable bonds is 1. The van der Waals surface area contributed by atoms with E-state index in [0.29, 0.717) is 12.8 Å². The van der Waals surface area contributed by atoms with Gasteiger partial charge < -0.3 is 5.11 Å². The molecule has 4 nitrogen and oxygen atoms in total. The third kappa shape index (κ3) is 0.656. The first-order chi connectivity index (χ1) is 6.35. The zero-order valence-corrected chi connectivity index (χ0v) is 8.16. The largest absolute Gasteiger partial charge is 0.480 e. The minimum absolute atomic E-state index is 0.310. The molecule has 2 atom stereocenters. The van der Waals surface area contributed by atoms with Gasteiger partial charge in [-0.15, -0.1) is 0 Å². The summed E-state index contributed by atoms with van der Waals surface area (Å²) in [5, 5.41) is 9.14. The zero-order chi connectivity index (χ0) is 10.7. The summed E-state index contributed by atoms with van der Waals surface area (Å²) in [5.74, 6) is -2.69. The van der Waals surface area contributed by atoms with Crippen molar-refractivity contribution in [2.24, 2.45) is 16.7 Å². The fraction of sp³-hybridized carbons (Fsp3) is 0.700. The number of hydrogen-bond donors (Lipinski definition) is 1. The van der Waals surface area contributed by atoms with Crippen molar-refractivity contribution < 1.29 is 19.5 Å². The number of fused-ring (bicyclic) bond motifs is 2. The first-order valence-corrected chi connectivity index (χ1v) is 4.68. The first kappa shape index (κ1) is 9.37. The van der Waals surface area contributed by atoms with Crippen LogP contribution in [0.1, 0.15) is 26.7 Å². The number of hydrogen-bond acceptors (Lipinski definition) is 3. The van der Waals surface area contributed by atoms with E-state index in [2.05, 4.69) is 0 Å². The molecular weight excluding hydrogens is 184 g/mol. The highest BCUT2D eigenvalue weighted by Gasteiger charge is 2.72. The molecule has 0 amide bonds. The maximum atomic E-state index is 11.6. The maximum Gasteiger partial charge on any atom is 0.318 e. The predicted octanol–water partition coefficient (Wildman–Crippen LogP) is 0.645. The molecule has 0 heterocycles. The zero-order valence-electron chi connectivity index (χ0n) is 8.16. The topological polar surface area (TPSA) is 71.4 Å². The van der Waals surface area contributed by atoms with Crippen LogP contribution in [0, 0.1) is 16.7 Å². The summed E-state index contributed by atoms with van der Waals surface area (Å²) in [6.07, 6.45) is 0.842. The van der Waals surface area contributed by atoms with Crippen molar-refractivity contribution in [3.63, 3.8) is 0 Å². The number of carboxylic acid groups (broad SMARTS) is 1. The molecule has 0 saturated heterocycles. The highest BCUT2D eigenvalue weighted by molar-refractivity contribution is 6.47. The van der Waals surface area contributed by atoms with Crippen LogP contribution in [0.5, 0.6) is 0 Å². The van der Waals surface area contributed by atoms with E-state index < -0.39 is 28.4 Å². The van der Waals surface area contributed by atoms with Gasteiger partial charge in [0.2, 0.25) is 11.6 Å². The molecule has 2 saturated carbocycles. The Morgan fingerprint density at radius 3 is 2.29 bits per heavy atom. The molecule has 0 spiro atoms.